The molecule has 3 aromatic rings. The Labute approximate surface area is 139 Å². The lowest BCUT2D eigenvalue weighted by Crippen LogP contribution is -2.11. The zero-order valence-corrected chi connectivity index (χ0v) is 12.7. The Morgan fingerprint density at radius 1 is 1.20 bits per heavy atom. The zero-order chi connectivity index (χ0) is 18.0. The smallest absolute Gasteiger partial charge is 0.379 e. The van der Waals surface area contributed by atoms with Crippen LogP contribution in [0, 0.1) is 10.1 Å². The van der Waals surface area contributed by atoms with Crippen LogP contribution in [0.15, 0.2) is 42.6 Å². The topological polar surface area (TPSA) is 85.4 Å². The molecule has 0 saturated heterocycles. The van der Waals surface area contributed by atoms with Crippen molar-refractivity contribution >= 4 is 17.0 Å². The minimum atomic E-state index is -4.64. The molecule has 25 heavy (non-hydrogen) atoms. The maximum Gasteiger partial charge on any atom is 0.416 e. The number of fused-ring (bicyclic) bond motifs is 1. The van der Waals surface area contributed by atoms with Crippen LogP contribution in [0.4, 0.5) is 24.5 Å². The van der Waals surface area contributed by atoms with E-state index in [1.807, 2.05) is 12.1 Å². The minimum Gasteiger partial charge on any atom is -0.379 e. The fraction of sp³-hybridized carbons (Fsp3) is 0.200. The zero-order valence-electron chi connectivity index (χ0n) is 12.7. The number of nitro groups is 1. The SMILES string of the molecule is O=[N+]([O-])c1cc(C(F)(F)F)ccc1NCCc1nnc2ccccn12. The van der Waals surface area contributed by atoms with Gasteiger partial charge < -0.3 is 5.32 Å². The van der Waals surface area contributed by atoms with Crippen molar-refractivity contribution in [3.05, 3.63) is 64.1 Å². The van der Waals surface area contributed by atoms with Gasteiger partial charge in [-0.3, -0.25) is 14.5 Å². The lowest BCUT2D eigenvalue weighted by Gasteiger charge is -2.10. The quantitative estimate of drug-likeness (QED) is 0.563. The molecule has 1 aromatic carbocycles. The van der Waals surface area contributed by atoms with Gasteiger partial charge in [-0.05, 0) is 24.3 Å². The molecule has 0 spiro atoms. The number of alkyl halides is 3. The average molecular weight is 351 g/mol. The number of aromatic nitrogens is 3. The van der Waals surface area contributed by atoms with Crippen molar-refractivity contribution in [2.75, 3.05) is 11.9 Å². The Morgan fingerprint density at radius 3 is 2.72 bits per heavy atom. The molecule has 0 unspecified atom stereocenters. The molecule has 2 heterocycles. The highest BCUT2D eigenvalue weighted by atomic mass is 19.4. The number of hydrogen-bond donors (Lipinski definition) is 1. The third-order valence-electron chi connectivity index (χ3n) is 3.57. The van der Waals surface area contributed by atoms with Gasteiger partial charge in [-0.1, -0.05) is 6.07 Å². The van der Waals surface area contributed by atoms with Crippen LogP contribution in [0.25, 0.3) is 5.65 Å². The van der Waals surface area contributed by atoms with Crippen molar-refractivity contribution in [2.24, 2.45) is 0 Å². The van der Waals surface area contributed by atoms with Gasteiger partial charge in [0.1, 0.15) is 11.5 Å². The maximum absolute atomic E-state index is 12.7. The Bertz CT molecular complexity index is 923. The summed E-state index contributed by atoms with van der Waals surface area (Å²) < 4.78 is 39.8. The number of nitrogens with one attached hydrogen (secondary N) is 1. The van der Waals surface area contributed by atoms with Gasteiger partial charge in [-0.15, -0.1) is 10.2 Å². The minimum absolute atomic E-state index is 0.0202. The van der Waals surface area contributed by atoms with Crippen LogP contribution in [0.2, 0.25) is 0 Å². The molecular weight excluding hydrogens is 339 g/mol. The first kappa shape index (κ1) is 16.7. The summed E-state index contributed by atoms with van der Waals surface area (Å²) in [4.78, 5) is 10.2. The summed E-state index contributed by atoms with van der Waals surface area (Å²) in [5.41, 5.74) is -1.00. The molecular formula is C15H12F3N5O2. The summed E-state index contributed by atoms with van der Waals surface area (Å²) in [6.45, 7) is 0.252. The van der Waals surface area contributed by atoms with Crippen molar-refractivity contribution in [2.45, 2.75) is 12.6 Å². The van der Waals surface area contributed by atoms with Crippen molar-refractivity contribution in [1.29, 1.82) is 0 Å². The van der Waals surface area contributed by atoms with E-state index in [9.17, 15) is 23.3 Å². The second-order valence-corrected chi connectivity index (χ2v) is 5.21. The van der Waals surface area contributed by atoms with E-state index in [4.69, 9.17) is 0 Å². The highest BCUT2D eigenvalue weighted by Gasteiger charge is 2.33. The van der Waals surface area contributed by atoms with E-state index in [1.165, 1.54) is 0 Å². The highest BCUT2D eigenvalue weighted by molar-refractivity contribution is 5.63. The molecule has 3 rings (SSSR count). The lowest BCUT2D eigenvalue weighted by molar-refractivity contribution is -0.384. The summed E-state index contributed by atoms with van der Waals surface area (Å²) in [5.74, 6) is 0.637. The van der Waals surface area contributed by atoms with Gasteiger partial charge in [0.15, 0.2) is 5.65 Å². The van der Waals surface area contributed by atoms with Crippen LogP contribution in [-0.2, 0) is 12.6 Å². The number of benzene rings is 1. The number of anilines is 1. The fourth-order valence-corrected chi connectivity index (χ4v) is 2.38. The van der Waals surface area contributed by atoms with Crippen LogP contribution >= 0.6 is 0 Å². The molecule has 0 atom stereocenters. The first-order valence-corrected chi connectivity index (χ1v) is 7.24. The van der Waals surface area contributed by atoms with Crippen LogP contribution in [-0.4, -0.2) is 26.1 Å². The highest BCUT2D eigenvalue weighted by Crippen LogP contribution is 2.34. The van der Waals surface area contributed by atoms with Gasteiger partial charge in [0.25, 0.3) is 5.69 Å². The van der Waals surface area contributed by atoms with Crippen LogP contribution in [0.1, 0.15) is 11.4 Å². The van der Waals surface area contributed by atoms with E-state index < -0.39 is 22.4 Å². The predicted molar refractivity (Wildman–Crippen MR) is 83.3 cm³/mol. The van der Waals surface area contributed by atoms with Crippen molar-refractivity contribution in [1.82, 2.24) is 14.6 Å². The third-order valence-corrected chi connectivity index (χ3v) is 3.57. The average Bonchev–Trinajstić information content (AvgIpc) is 2.97. The lowest BCUT2D eigenvalue weighted by atomic mass is 10.1. The summed E-state index contributed by atoms with van der Waals surface area (Å²) in [6, 6.07) is 7.80. The fourth-order valence-electron chi connectivity index (χ4n) is 2.38. The normalized spacial score (nSPS) is 11.6. The van der Waals surface area contributed by atoms with E-state index in [2.05, 4.69) is 15.5 Å². The van der Waals surface area contributed by atoms with Gasteiger partial charge in [-0.25, -0.2) is 0 Å². The number of halogens is 3. The molecule has 0 radical (unpaired) electrons. The second kappa shape index (κ2) is 6.38. The molecule has 0 aliphatic rings. The molecule has 0 amide bonds. The Morgan fingerprint density at radius 2 is 2.00 bits per heavy atom. The summed E-state index contributed by atoms with van der Waals surface area (Å²) >= 11 is 0. The van der Waals surface area contributed by atoms with Crippen molar-refractivity contribution in [3.8, 4) is 0 Å². The van der Waals surface area contributed by atoms with E-state index in [0.717, 1.165) is 12.1 Å². The van der Waals surface area contributed by atoms with Gasteiger partial charge in [-0.2, -0.15) is 13.2 Å². The number of hydrogen-bond acceptors (Lipinski definition) is 5. The number of pyridine rings is 1. The van der Waals surface area contributed by atoms with Gasteiger partial charge in [0.05, 0.1) is 10.5 Å². The molecule has 1 N–H and O–H groups in total. The molecule has 130 valence electrons. The molecule has 0 saturated carbocycles. The molecule has 2 aromatic heterocycles. The Kier molecular flexibility index (Phi) is 4.26. The standard InChI is InChI=1S/C15H12F3N5O2/c16-15(17,18)10-4-5-11(12(9-10)23(24)25)19-7-6-14-21-20-13-3-1-2-8-22(13)14/h1-5,8-9,19H,6-7H2. The van der Waals surface area contributed by atoms with Gasteiger partial charge in [0, 0.05) is 25.2 Å². The Balaban J connectivity index is 1.75. The molecule has 0 bridgehead atoms. The van der Waals surface area contributed by atoms with Crippen molar-refractivity contribution < 1.29 is 18.1 Å². The largest absolute Gasteiger partial charge is 0.416 e. The molecule has 7 nitrogen and oxygen atoms in total. The first-order valence-electron chi connectivity index (χ1n) is 7.24. The van der Waals surface area contributed by atoms with E-state index in [-0.39, 0.29) is 12.2 Å². The number of nitro benzene ring substituents is 1. The summed E-state index contributed by atoms with van der Waals surface area (Å²) in [7, 11) is 0. The van der Waals surface area contributed by atoms with Crippen LogP contribution in [0.5, 0.6) is 0 Å². The van der Waals surface area contributed by atoms with Gasteiger partial charge >= 0.3 is 6.18 Å². The monoisotopic (exact) mass is 351 g/mol. The predicted octanol–water partition coefficient (Wildman–Crippen LogP) is 3.31. The van der Waals surface area contributed by atoms with E-state index >= 15 is 0 Å². The van der Waals surface area contributed by atoms with Crippen LogP contribution < -0.4 is 5.32 Å². The van der Waals surface area contributed by atoms with Gasteiger partial charge in [0.2, 0.25) is 0 Å². The summed E-state index contributed by atoms with van der Waals surface area (Å²) in [6.07, 6.45) is -2.46. The maximum atomic E-state index is 12.7. The van der Waals surface area contributed by atoms with E-state index in [0.29, 0.717) is 24.0 Å². The first-order chi connectivity index (χ1) is 11.9. The number of rotatable bonds is 5. The molecule has 10 heteroatoms. The molecule has 0 fully saturated rings. The summed E-state index contributed by atoms with van der Waals surface area (Å²) in [5, 5.41) is 21.8. The van der Waals surface area contributed by atoms with Crippen LogP contribution in [0.3, 0.4) is 0 Å². The second-order valence-electron chi connectivity index (χ2n) is 5.21. The Hall–Kier alpha value is -3.17. The molecule has 0 aliphatic carbocycles. The van der Waals surface area contributed by atoms with Crippen molar-refractivity contribution in [3.63, 3.8) is 0 Å². The van der Waals surface area contributed by atoms with E-state index in [1.54, 1.807) is 16.7 Å². The third kappa shape index (κ3) is 3.52. The number of nitrogens with zero attached hydrogens (tertiary/aromatic N) is 4. The molecule has 0 aliphatic heterocycles.